The minimum Gasteiger partial charge on any atom is -0.393 e. The van der Waals surface area contributed by atoms with Gasteiger partial charge in [0.15, 0.2) is 5.82 Å². The van der Waals surface area contributed by atoms with Crippen molar-refractivity contribution in [3.05, 3.63) is 42.4 Å². The van der Waals surface area contributed by atoms with Crippen LogP contribution in [0, 0.1) is 11.8 Å². The van der Waals surface area contributed by atoms with Gasteiger partial charge >= 0.3 is 0 Å². The molecule has 1 amide bonds. The zero-order valence-electron chi connectivity index (χ0n) is 17.3. The largest absolute Gasteiger partial charge is 0.393 e. The molecule has 29 heavy (non-hydrogen) atoms. The van der Waals surface area contributed by atoms with Crippen LogP contribution in [0.15, 0.2) is 36.7 Å². The van der Waals surface area contributed by atoms with Crippen molar-refractivity contribution < 1.29 is 9.90 Å². The molecule has 5 rings (SSSR count). The SMILES string of the molecule is CC(C)CCN1c2cccnc2-n2cccc2[C@@]12CCN(C(=O)C1CC(O)C1)C2. The Morgan fingerprint density at radius 3 is 2.90 bits per heavy atom. The first-order valence-corrected chi connectivity index (χ1v) is 10.9. The fourth-order valence-electron chi connectivity index (χ4n) is 5.28. The second-order valence-electron chi connectivity index (χ2n) is 9.31. The van der Waals surface area contributed by atoms with Crippen LogP contribution in [0.5, 0.6) is 0 Å². The number of hydrogen-bond donors (Lipinski definition) is 1. The zero-order valence-corrected chi connectivity index (χ0v) is 17.3. The van der Waals surface area contributed by atoms with E-state index in [0.717, 1.165) is 37.4 Å². The highest BCUT2D eigenvalue weighted by Gasteiger charge is 2.51. The summed E-state index contributed by atoms with van der Waals surface area (Å²) in [5.74, 6) is 1.80. The Balaban J connectivity index is 1.52. The van der Waals surface area contributed by atoms with E-state index in [0.29, 0.717) is 25.3 Å². The Labute approximate surface area is 172 Å². The number of aromatic nitrogens is 2. The number of rotatable bonds is 4. The topological polar surface area (TPSA) is 61.6 Å². The third kappa shape index (κ3) is 2.88. The summed E-state index contributed by atoms with van der Waals surface area (Å²) in [6.45, 7) is 6.94. The fraction of sp³-hybridized carbons (Fsp3) is 0.565. The lowest BCUT2D eigenvalue weighted by Crippen LogP contribution is -2.54. The molecule has 1 saturated heterocycles. The molecule has 4 heterocycles. The summed E-state index contributed by atoms with van der Waals surface area (Å²) in [4.78, 5) is 22.3. The number of anilines is 1. The number of aliphatic hydroxyl groups excluding tert-OH is 1. The van der Waals surface area contributed by atoms with E-state index in [4.69, 9.17) is 4.98 Å². The molecule has 2 aromatic heterocycles. The summed E-state index contributed by atoms with van der Waals surface area (Å²) >= 11 is 0. The van der Waals surface area contributed by atoms with Crippen molar-refractivity contribution in [1.82, 2.24) is 14.5 Å². The lowest BCUT2D eigenvalue weighted by molar-refractivity contribution is -0.141. The highest BCUT2D eigenvalue weighted by Crippen LogP contribution is 2.47. The van der Waals surface area contributed by atoms with Crippen LogP contribution in [-0.2, 0) is 10.3 Å². The molecule has 0 unspecified atom stereocenters. The molecule has 3 aliphatic rings. The number of pyridine rings is 1. The lowest BCUT2D eigenvalue weighted by atomic mass is 9.81. The average molecular weight is 395 g/mol. The third-order valence-electron chi connectivity index (χ3n) is 6.98. The van der Waals surface area contributed by atoms with Gasteiger partial charge in [-0.25, -0.2) is 4.98 Å². The number of aliphatic hydroxyl groups is 1. The molecule has 0 aromatic carbocycles. The van der Waals surface area contributed by atoms with Crippen LogP contribution in [0.25, 0.3) is 5.82 Å². The number of carbonyl (C=O) groups excluding carboxylic acids is 1. The van der Waals surface area contributed by atoms with Gasteiger partial charge in [0.25, 0.3) is 0 Å². The van der Waals surface area contributed by atoms with E-state index in [1.165, 1.54) is 5.69 Å². The summed E-state index contributed by atoms with van der Waals surface area (Å²) in [5, 5.41) is 9.64. The molecule has 6 heteroatoms. The van der Waals surface area contributed by atoms with E-state index in [1.54, 1.807) is 0 Å². The first kappa shape index (κ1) is 18.7. The average Bonchev–Trinajstić information content (AvgIpc) is 3.33. The lowest BCUT2D eigenvalue weighted by Gasteiger charge is -2.47. The van der Waals surface area contributed by atoms with Crippen molar-refractivity contribution >= 4 is 11.6 Å². The summed E-state index contributed by atoms with van der Waals surface area (Å²) in [5.41, 5.74) is 2.17. The molecule has 1 N–H and O–H groups in total. The second kappa shape index (κ2) is 6.87. The second-order valence-corrected chi connectivity index (χ2v) is 9.31. The van der Waals surface area contributed by atoms with E-state index >= 15 is 0 Å². The summed E-state index contributed by atoms with van der Waals surface area (Å²) in [6, 6.07) is 8.46. The summed E-state index contributed by atoms with van der Waals surface area (Å²) in [7, 11) is 0. The molecule has 1 aliphatic carbocycles. The quantitative estimate of drug-likeness (QED) is 0.866. The highest BCUT2D eigenvalue weighted by molar-refractivity contribution is 5.81. The summed E-state index contributed by atoms with van der Waals surface area (Å²) in [6.07, 6.45) is 6.89. The number of fused-ring (bicyclic) bond motifs is 4. The molecule has 1 saturated carbocycles. The van der Waals surface area contributed by atoms with Gasteiger partial charge in [-0.2, -0.15) is 0 Å². The van der Waals surface area contributed by atoms with Crippen molar-refractivity contribution in [1.29, 1.82) is 0 Å². The van der Waals surface area contributed by atoms with Crippen LogP contribution >= 0.6 is 0 Å². The van der Waals surface area contributed by atoms with E-state index in [-0.39, 0.29) is 23.5 Å². The monoisotopic (exact) mass is 394 g/mol. The van der Waals surface area contributed by atoms with E-state index in [9.17, 15) is 9.90 Å². The predicted octanol–water partition coefficient (Wildman–Crippen LogP) is 2.94. The first-order valence-electron chi connectivity index (χ1n) is 10.9. The predicted molar refractivity (Wildman–Crippen MR) is 112 cm³/mol. The van der Waals surface area contributed by atoms with Gasteiger partial charge in [0.2, 0.25) is 5.91 Å². The van der Waals surface area contributed by atoms with E-state index in [1.807, 2.05) is 17.2 Å². The van der Waals surface area contributed by atoms with Crippen molar-refractivity contribution in [2.24, 2.45) is 11.8 Å². The maximum atomic E-state index is 13.0. The maximum Gasteiger partial charge on any atom is 0.225 e. The van der Waals surface area contributed by atoms with Gasteiger partial charge in [0, 0.05) is 37.9 Å². The molecular formula is C23H30N4O2. The Morgan fingerprint density at radius 2 is 2.14 bits per heavy atom. The van der Waals surface area contributed by atoms with Gasteiger partial charge in [0.05, 0.1) is 17.5 Å². The molecule has 154 valence electrons. The molecular weight excluding hydrogens is 364 g/mol. The van der Waals surface area contributed by atoms with Crippen LogP contribution in [0.3, 0.4) is 0 Å². The molecule has 6 nitrogen and oxygen atoms in total. The molecule has 1 atom stereocenters. The van der Waals surface area contributed by atoms with Crippen LogP contribution in [-0.4, -0.2) is 51.2 Å². The summed E-state index contributed by atoms with van der Waals surface area (Å²) < 4.78 is 2.21. The van der Waals surface area contributed by atoms with Gasteiger partial charge < -0.3 is 19.5 Å². The van der Waals surface area contributed by atoms with E-state index in [2.05, 4.69) is 47.7 Å². The van der Waals surface area contributed by atoms with Crippen LogP contribution in [0.2, 0.25) is 0 Å². The van der Waals surface area contributed by atoms with Crippen molar-refractivity contribution in [2.45, 2.75) is 51.2 Å². The Kier molecular flexibility index (Phi) is 4.42. The molecule has 2 aromatic rings. The Hall–Kier alpha value is -2.34. The van der Waals surface area contributed by atoms with Crippen molar-refractivity contribution in [2.75, 3.05) is 24.5 Å². The van der Waals surface area contributed by atoms with Crippen LogP contribution < -0.4 is 4.90 Å². The van der Waals surface area contributed by atoms with Gasteiger partial charge in [0.1, 0.15) is 5.54 Å². The first-order chi connectivity index (χ1) is 14.0. The number of amides is 1. The molecule has 0 radical (unpaired) electrons. The minimum absolute atomic E-state index is 0.00593. The van der Waals surface area contributed by atoms with Crippen molar-refractivity contribution in [3.63, 3.8) is 0 Å². The van der Waals surface area contributed by atoms with Crippen LogP contribution in [0.1, 0.15) is 45.2 Å². The number of carbonyl (C=O) groups is 1. The van der Waals surface area contributed by atoms with Gasteiger partial charge in [-0.3, -0.25) is 4.79 Å². The maximum absolute atomic E-state index is 13.0. The number of likely N-dealkylation sites (tertiary alicyclic amines) is 1. The molecule has 0 bridgehead atoms. The Bertz CT molecular complexity index is 917. The normalized spacial score (nSPS) is 27.9. The smallest absolute Gasteiger partial charge is 0.225 e. The van der Waals surface area contributed by atoms with Gasteiger partial charge in [-0.05, 0) is 55.9 Å². The number of hydrogen-bond acceptors (Lipinski definition) is 4. The Morgan fingerprint density at radius 1 is 1.31 bits per heavy atom. The van der Waals surface area contributed by atoms with E-state index < -0.39 is 0 Å². The van der Waals surface area contributed by atoms with Gasteiger partial charge in [-0.1, -0.05) is 13.8 Å². The van der Waals surface area contributed by atoms with Crippen molar-refractivity contribution in [3.8, 4) is 5.82 Å². The number of nitrogens with zero attached hydrogens (tertiary/aromatic N) is 4. The molecule has 2 fully saturated rings. The van der Waals surface area contributed by atoms with Crippen LogP contribution in [0.4, 0.5) is 5.69 Å². The highest BCUT2D eigenvalue weighted by atomic mass is 16.3. The molecule has 2 aliphatic heterocycles. The fourth-order valence-corrected chi connectivity index (χ4v) is 5.28. The molecule has 1 spiro atoms. The zero-order chi connectivity index (χ0) is 20.2. The third-order valence-corrected chi connectivity index (χ3v) is 6.98. The minimum atomic E-state index is -0.298. The van der Waals surface area contributed by atoms with Gasteiger partial charge in [-0.15, -0.1) is 0 Å². The standard InChI is InChI=1S/C23H30N4O2/c1-16(2)7-11-27-19-5-3-9-24-21(19)26-10-4-6-20(26)23(27)8-12-25(15-23)22(29)17-13-18(28)14-17/h3-6,9-10,16-18,28H,7-8,11-15H2,1-2H3/t17?,18?,23-/m0/s1.